The van der Waals surface area contributed by atoms with Gasteiger partial charge >= 0.3 is 0 Å². The minimum atomic E-state index is -0.129. The first-order valence-electron chi connectivity index (χ1n) is 8.89. The molecular weight excluding hydrogens is 328 g/mol. The Bertz CT molecular complexity index is 864. The van der Waals surface area contributed by atoms with Gasteiger partial charge in [-0.25, -0.2) is 0 Å². The number of nitrogens with zero attached hydrogens (tertiary/aromatic N) is 4. The molecule has 0 saturated carbocycles. The number of aryl methyl sites for hydroxylation is 1. The van der Waals surface area contributed by atoms with Crippen LogP contribution in [0.25, 0.3) is 11.4 Å². The first-order valence-corrected chi connectivity index (χ1v) is 8.89. The van der Waals surface area contributed by atoms with E-state index in [1.165, 1.54) is 0 Å². The van der Waals surface area contributed by atoms with Crippen LogP contribution < -0.4 is 0 Å². The Morgan fingerprint density at radius 2 is 2.00 bits per heavy atom. The molecule has 1 fully saturated rings. The van der Waals surface area contributed by atoms with Crippen LogP contribution in [-0.2, 0) is 11.2 Å². The third-order valence-corrected chi connectivity index (χ3v) is 4.65. The number of hydrogen-bond acceptors (Lipinski definition) is 5. The molecule has 0 aliphatic carbocycles. The standard InChI is InChI=1S/C20H20N4O2/c25-18(12-11-16-9-4-5-13-21-16)24-14-6-10-17(24)20-22-19(23-26-20)15-7-2-1-3-8-15/h1-5,7-9,13,17H,6,10-12,14H2/t17-/m0/s1. The molecule has 0 unspecified atom stereocenters. The number of carbonyl (C=O) groups excluding carboxylic acids is 1. The summed E-state index contributed by atoms with van der Waals surface area (Å²) in [5.41, 5.74) is 1.84. The predicted molar refractivity (Wildman–Crippen MR) is 96.0 cm³/mol. The third-order valence-electron chi connectivity index (χ3n) is 4.65. The summed E-state index contributed by atoms with van der Waals surface area (Å²) in [5.74, 6) is 1.19. The molecule has 1 saturated heterocycles. The molecule has 0 radical (unpaired) electrons. The second-order valence-electron chi connectivity index (χ2n) is 6.39. The lowest BCUT2D eigenvalue weighted by Gasteiger charge is -2.21. The van der Waals surface area contributed by atoms with E-state index < -0.39 is 0 Å². The summed E-state index contributed by atoms with van der Waals surface area (Å²) in [4.78, 5) is 23.4. The van der Waals surface area contributed by atoms with Crippen LogP contribution in [0.4, 0.5) is 0 Å². The average molecular weight is 348 g/mol. The molecular formula is C20H20N4O2. The first-order chi connectivity index (χ1) is 12.8. The van der Waals surface area contributed by atoms with E-state index in [1.54, 1.807) is 6.20 Å². The Balaban J connectivity index is 1.45. The van der Waals surface area contributed by atoms with Gasteiger partial charge in [0.2, 0.25) is 17.6 Å². The Kier molecular flexibility index (Phi) is 4.73. The SMILES string of the molecule is O=C(CCc1ccccn1)N1CCC[C@H]1c1nc(-c2ccccc2)no1. The van der Waals surface area contributed by atoms with Gasteiger partial charge in [-0.1, -0.05) is 41.6 Å². The fraction of sp³-hybridized carbons (Fsp3) is 0.300. The van der Waals surface area contributed by atoms with Crippen LogP contribution in [0.1, 0.15) is 36.9 Å². The van der Waals surface area contributed by atoms with Crippen LogP contribution in [0.5, 0.6) is 0 Å². The smallest absolute Gasteiger partial charge is 0.249 e. The molecule has 26 heavy (non-hydrogen) atoms. The number of likely N-dealkylation sites (tertiary alicyclic amines) is 1. The quantitative estimate of drug-likeness (QED) is 0.706. The van der Waals surface area contributed by atoms with Crippen molar-refractivity contribution >= 4 is 5.91 Å². The van der Waals surface area contributed by atoms with Gasteiger partial charge in [0.25, 0.3) is 0 Å². The van der Waals surface area contributed by atoms with Crippen molar-refractivity contribution in [3.8, 4) is 11.4 Å². The van der Waals surface area contributed by atoms with Crippen LogP contribution in [0.15, 0.2) is 59.3 Å². The average Bonchev–Trinajstić information content (AvgIpc) is 3.37. The lowest BCUT2D eigenvalue weighted by molar-refractivity contribution is -0.132. The highest BCUT2D eigenvalue weighted by Crippen LogP contribution is 2.32. The molecule has 1 aromatic carbocycles. The maximum absolute atomic E-state index is 12.7. The Morgan fingerprint density at radius 3 is 2.81 bits per heavy atom. The highest BCUT2D eigenvalue weighted by Gasteiger charge is 2.33. The van der Waals surface area contributed by atoms with Crippen LogP contribution >= 0.6 is 0 Å². The van der Waals surface area contributed by atoms with E-state index in [2.05, 4.69) is 15.1 Å². The minimum Gasteiger partial charge on any atom is -0.337 e. The molecule has 4 rings (SSSR count). The lowest BCUT2D eigenvalue weighted by Crippen LogP contribution is -2.31. The number of rotatable bonds is 5. The second-order valence-corrected chi connectivity index (χ2v) is 6.39. The van der Waals surface area contributed by atoms with Crippen molar-refractivity contribution in [1.29, 1.82) is 0 Å². The maximum atomic E-state index is 12.7. The van der Waals surface area contributed by atoms with Crippen LogP contribution in [-0.4, -0.2) is 32.5 Å². The molecule has 0 bridgehead atoms. The first kappa shape index (κ1) is 16.4. The van der Waals surface area contributed by atoms with Gasteiger partial charge in [-0.05, 0) is 31.4 Å². The number of amides is 1. The Hall–Kier alpha value is -3.02. The summed E-state index contributed by atoms with van der Waals surface area (Å²) in [7, 11) is 0. The van der Waals surface area contributed by atoms with Gasteiger partial charge in [-0.3, -0.25) is 9.78 Å². The van der Waals surface area contributed by atoms with Crippen molar-refractivity contribution in [3.05, 3.63) is 66.3 Å². The fourth-order valence-electron chi connectivity index (χ4n) is 3.32. The van der Waals surface area contributed by atoms with Gasteiger partial charge < -0.3 is 9.42 Å². The van der Waals surface area contributed by atoms with Crippen molar-refractivity contribution in [2.24, 2.45) is 0 Å². The molecule has 6 heteroatoms. The van der Waals surface area contributed by atoms with Crippen LogP contribution in [0.3, 0.4) is 0 Å². The van der Waals surface area contributed by atoms with Crippen molar-refractivity contribution < 1.29 is 9.32 Å². The van der Waals surface area contributed by atoms with Crippen LogP contribution in [0.2, 0.25) is 0 Å². The van der Waals surface area contributed by atoms with E-state index in [0.717, 1.165) is 30.6 Å². The molecule has 1 atom stereocenters. The van der Waals surface area contributed by atoms with Crippen LogP contribution in [0, 0.1) is 0 Å². The van der Waals surface area contributed by atoms with E-state index in [4.69, 9.17) is 4.52 Å². The van der Waals surface area contributed by atoms with E-state index in [1.807, 2.05) is 53.4 Å². The van der Waals surface area contributed by atoms with Gasteiger partial charge in [0, 0.05) is 30.4 Å². The Labute approximate surface area is 151 Å². The lowest BCUT2D eigenvalue weighted by atomic mass is 10.1. The topological polar surface area (TPSA) is 72.1 Å². The zero-order chi connectivity index (χ0) is 17.8. The molecule has 0 N–H and O–H groups in total. The Morgan fingerprint density at radius 1 is 1.15 bits per heavy atom. The molecule has 132 valence electrons. The number of hydrogen-bond donors (Lipinski definition) is 0. The van der Waals surface area contributed by atoms with Gasteiger partial charge in [0.15, 0.2) is 0 Å². The summed E-state index contributed by atoms with van der Waals surface area (Å²) in [6.45, 7) is 0.731. The highest BCUT2D eigenvalue weighted by atomic mass is 16.5. The third kappa shape index (κ3) is 3.49. The van der Waals surface area contributed by atoms with Gasteiger partial charge in [0.1, 0.15) is 6.04 Å². The number of pyridine rings is 1. The maximum Gasteiger partial charge on any atom is 0.249 e. The second kappa shape index (κ2) is 7.47. The number of aromatic nitrogens is 3. The summed E-state index contributed by atoms with van der Waals surface area (Å²) < 4.78 is 5.48. The van der Waals surface area contributed by atoms with E-state index in [-0.39, 0.29) is 11.9 Å². The van der Waals surface area contributed by atoms with Crippen molar-refractivity contribution in [3.63, 3.8) is 0 Å². The molecule has 2 aromatic heterocycles. The highest BCUT2D eigenvalue weighted by molar-refractivity contribution is 5.77. The normalized spacial score (nSPS) is 16.8. The van der Waals surface area contributed by atoms with Gasteiger partial charge in [-0.15, -0.1) is 0 Å². The summed E-state index contributed by atoms with van der Waals surface area (Å²) in [5, 5.41) is 4.08. The van der Waals surface area contributed by atoms with E-state index >= 15 is 0 Å². The minimum absolute atomic E-state index is 0.109. The molecule has 3 aromatic rings. The monoisotopic (exact) mass is 348 g/mol. The molecule has 6 nitrogen and oxygen atoms in total. The molecule has 1 aliphatic heterocycles. The largest absolute Gasteiger partial charge is 0.337 e. The van der Waals surface area contributed by atoms with Crippen molar-refractivity contribution in [1.82, 2.24) is 20.0 Å². The number of benzene rings is 1. The fourth-order valence-corrected chi connectivity index (χ4v) is 3.32. The van der Waals surface area contributed by atoms with Crippen molar-refractivity contribution in [2.45, 2.75) is 31.7 Å². The summed E-state index contributed by atoms with van der Waals surface area (Å²) in [6.07, 6.45) is 4.63. The van der Waals surface area contributed by atoms with Gasteiger partial charge in [0.05, 0.1) is 0 Å². The predicted octanol–water partition coefficient (Wildman–Crippen LogP) is 3.43. The number of carbonyl (C=O) groups is 1. The molecule has 1 amide bonds. The zero-order valence-electron chi connectivity index (χ0n) is 14.4. The zero-order valence-corrected chi connectivity index (χ0v) is 14.4. The summed E-state index contributed by atoms with van der Waals surface area (Å²) >= 11 is 0. The molecule has 1 aliphatic rings. The molecule has 3 heterocycles. The van der Waals surface area contributed by atoms with Gasteiger partial charge in [-0.2, -0.15) is 4.98 Å². The van der Waals surface area contributed by atoms with Crippen molar-refractivity contribution in [2.75, 3.05) is 6.54 Å². The van der Waals surface area contributed by atoms with E-state index in [9.17, 15) is 4.79 Å². The summed E-state index contributed by atoms with van der Waals surface area (Å²) in [6, 6.07) is 15.3. The molecule has 0 spiro atoms. The van der Waals surface area contributed by atoms with E-state index in [0.29, 0.717) is 24.6 Å².